The summed E-state index contributed by atoms with van der Waals surface area (Å²) in [5.74, 6) is 2.11. The number of anilines is 1. The minimum atomic E-state index is 0.496. The molecule has 6 nitrogen and oxygen atoms in total. The second-order valence-corrected chi connectivity index (χ2v) is 7.38. The second kappa shape index (κ2) is 11.1. The van der Waals surface area contributed by atoms with Crippen LogP contribution < -0.4 is 10.2 Å². The average molecular weight is 374 g/mol. The maximum atomic E-state index is 6.02. The van der Waals surface area contributed by atoms with Crippen molar-refractivity contribution in [3.63, 3.8) is 0 Å². The molecule has 0 unspecified atom stereocenters. The third-order valence-corrected chi connectivity index (χ3v) is 5.36. The van der Waals surface area contributed by atoms with Crippen molar-refractivity contribution < 1.29 is 4.74 Å². The van der Waals surface area contributed by atoms with Gasteiger partial charge in [-0.1, -0.05) is 25.3 Å². The summed E-state index contributed by atoms with van der Waals surface area (Å²) in [7, 11) is 0. The van der Waals surface area contributed by atoms with E-state index >= 15 is 0 Å². The summed E-state index contributed by atoms with van der Waals surface area (Å²) < 4.78 is 6.02. The van der Waals surface area contributed by atoms with E-state index in [4.69, 9.17) is 9.73 Å². The third-order valence-electron chi connectivity index (χ3n) is 5.36. The molecule has 1 N–H and O–H groups in total. The van der Waals surface area contributed by atoms with E-state index in [1.54, 1.807) is 0 Å². The van der Waals surface area contributed by atoms with Crippen LogP contribution in [0.5, 0.6) is 0 Å². The molecular formula is C21H35N5O. The lowest BCUT2D eigenvalue weighted by Crippen LogP contribution is -2.52. The van der Waals surface area contributed by atoms with E-state index in [1.807, 2.05) is 12.3 Å². The van der Waals surface area contributed by atoms with Gasteiger partial charge in [0.15, 0.2) is 5.96 Å². The van der Waals surface area contributed by atoms with E-state index in [2.05, 4.69) is 39.2 Å². The van der Waals surface area contributed by atoms with E-state index in [0.717, 1.165) is 64.1 Å². The Labute approximate surface area is 164 Å². The number of piperazine rings is 1. The van der Waals surface area contributed by atoms with Gasteiger partial charge in [-0.05, 0) is 38.3 Å². The zero-order chi connectivity index (χ0) is 18.7. The predicted octanol–water partition coefficient (Wildman–Crippen LogP) is 2.91. The van der Waals surface area contributed by atoms with E-state index in [0.29, 0.717) is 6.10 Å². The molecule has 1 aliphatic heterocycles. The number of aromatic nitrogens is 1. The molecule has 27 heavy (non-hydrogen) atoms. The highest BCUT2D eigenvalue weighted by atomic mass is 16.5. The fourth-order valence-corrected chi connectivity index (χ4v) is 3.85. The number of ether oxygens (including phenoxy) is 1. The quantitative estimate of drug-likeness (QED) is 0.452. The molecule has 0 spiro atoms. The lowest BCUT2D eigenvalue weighted by molar-refractivity contribution is 0.0281. The normalized spacial score (nSPS) is 19.4. The zero-order valence-electron chi connectivity index (χ0n) is 16.8. The van der Waals surface area contributed by atoms with Gasteiger partial charge in [-0.2, -0.15) is 0 Å². The number of aliphatic imine (C=N–C) groups is 1. The van der Waals surface area contributed by atoms with Crippen molar-refractivity contribution in [3.8, 4) is 0 Å². The first-order chi connectivity index (χ1) is 13.4. The zero-order valence-corrected chi connectivity index (χ0v) is 16.8. The second-order valence-electron chi connectivity index (χ2n) is 7.38. The molecule has 0 aromatic carbocycles. The average Bonchev–Trinajstić information content (AvgIpc) is 2.74. The smallest absolute Gasteiger partial charge is 0.194 e. The summed E-state index contributed by atoms with van der Waals surface area (Å²) in [6, 6.07) is 6.10. The van der Waals surface area contributed by atoms with Crippen LogP contribution in [0.1, 0.15) is 45.4 Å². The standard InChI is InChI=1S/C21H35N5O/c1-2-22-21(24-13-8-18-27-19-9-4-3-5-10-19)26-16-14-25(15-17-26)20-11-6-7-12-23-20/h6-7,11-12,19H,2-5,8-10,13-18H2,1H3,(H,22,24). The predicted molar refractivity (Wildman–Crippen MR) is 111 cm³/mol. The van der Waals surface area contributed by atoms with E-state index in [-0.39, 0.29) is 0 Å². The molecule has 2 heterocycles. The summed E-state index contributed by atoms with van der Waals surface area (Å²) in [6.07, 6.45) is 9.89. The van der Waals surface area contributed by atoms with E-state index in [9.17, 15) is 0 Å². The molecule has 1 saturated heterocycles. The minimum absolute atomic E-state index is 0.496. The largest absolute Gasteiger partial charge is 0.378 e. The summed E-state index contributed by atoms with van der Waals surface area (Å²) in [5.41, 5.74) is 0. The number of hydrogen-bond donors (Lipinski definition) is 1. The molecule has 1 aromatic heterocycles. The van der Waals surface area contributed by atoms with Crippen LogP contribution in [0, 0.1) is 0 Å². The summed E-state index contributed by atoms with van der Waals surface area (Å²) in [6.45, 7) is 8.60. The fraction of sp³-hybridized carbons (Fsp3) is 0.714. The molecule has 2 fully saturated rings. The molecule has 1 saturated carbocycles. The number of pyridine rings is 1. The molecule has 1 aliphatic carbocycles. The van der Waals surface area contributed by atoms with Crippen molar-refractivity contribution in [2.45, 2.75) is 51.6 Å². The maximum absolute atomic E-state index is 6.02. The number of rotatable bonds is 7. The first-order valence-electron chi connectivity index (χ1n) is 10.7. The molecule has 150 valence electrons. The summed E-state index contributed by atoms with van der Waals surface area (Å²) in [4.78, 5) is 14.0. The molecule has 1 aromatic rings. The van der Waals surface area contributed by atoms with Gasteiger partial charge in [-0.25, -0.2) is 4.98 Å². The van der Waals surface area contributed by atoms with Crippen LogP contribution in [0.25, 0.3) is 0 Å². The Kier molecular flexibility index (Phi) is 8.21. The van der Waals surface area contributed by atoms with Gasteiger partial charge in [0.2, 0.25) is 0 Å². The van der Waals surface area contributed by atoms with Gasteiger partial charge >= 0.3 is 0 Å². The van der Waals surface area contributed by atoms with Gasteiger partial charge in [-0.3, -0.25) is 4.99 Å². The topological polar surface area (TPSA) is 53.0 Å². The van der Waals surface area contributed by atoms with Crippen LogP contribution in [0.4, 0.5) is 5.82 Å². The van der Waals surface area contributed by atoms with Crippen LogP contribution in [0.3, 0.4) is 0 Å². The van der Waals surface area contributed by atoms with Crippen molar-refractivity contribution in [1.29, 1.82) is 0 Å². The maximum Gasteiger partial charge on any atom is 0.194 e. The molecule has 2 aliphatic rings. The lowest BCUT2D eigenvalue weighted by atomic mass is 9.98. The van der Waals surface area contributed by atoms with Crippen molar-refractivity contribution in [3.05, 3.63) is 24.4 Å². The van der Waals surface area contributed by atoms with Gasteiger partial charge in [0.05, 0.1) is 6.10 Å². The molecule has 0 atom stereocenters. The van der Waals surface area contributed by atoms with Gasteiger partial charge < -0.3 is 19.9 Å². The lowest BCUT2D eigenvalue weighted by Gasteiger charge is -2.37. The highest BCUT2D eigenvalue weighted by Crippen LogP contribution is 2.20. The summed E-state index contributed by atoms with van der Waals surface area (Å²) in [5, 5.41) is 3.45. The Bertz CT molecular complexity index is 551. The van der Waals surface area contributed by atoms with Crippen molar-refractivity contribution in [2.24, 2.45) is 4.99 Å². The molecule has 3 rings (SSSR count). The number of nitrogens with one attached hydrogen (secondary N) is 1. The molecule has 0 radical (unpaired) electrons. The van der Waals surface area contributed by atoms with Gasteiger partial charge in [0.1, 0.15) is 5.82 Å². The van der Waals surface area contributed by atoms with Crippen LogP contribution in [-0.4, -0.2) is 67.8 Å². The Balaban J connectivity index is 1.40. The number of nitrogens with zero attached hydrogens (tertiary/aromatic N) is 4. The van der Waals surface area contributed by atoms with Crippen LogP contribution in [-0.2, 0) is 4.74 Å². The van der Waals surface area contributed by atoms with Crippen LogP contribution >= 0.6 is 0 Å². The van der Waals surface area contributed by atoms with Gasteiger partial charge in [0, 0.05) is 52.1 Å². The first-order valence-corrected chi connectivity index (χ1v) is 10.7. The molecule has 0 amide bonds. The molecule has 6 heteroatoms. The third kappa shape index (κ3) is 6.38. The Morgan fingerprint density at radius 3 is 2.70 bits per heavy atom. The van der Waals surface area contributed by atoms with Gasteiger partial charge in [0.25, 0.3) is 0 Å². The van der Waals surface area contributed by atoms with E-state index in [1.165, 1.54) is 32.1 Å². The van der Waals surface area contributed by atoms with Crippen LogP contribution in [0.15, 0.2) is 29.4 Å². The minimum Gasteiger partial charge on any atom is -0.378 e. The SMILES string of the molecule is CCNC(=NCCCOC1CCCCC1)N1CCN(c2ccccn2)CC1. The monoisotopic (exact) mass is 373 g/mol. The van der Waals surface area contributed by atoms with Gasteiger partial charge in [-0.15, -0.1) is 0 Å². The van der Waals surface area contributed by atoms with E-state index < -0.39 is 0 Å². The summed E-state index contributed by atoms with van der Waals surface area (Å²) >= 11 is 0. The first kappa shape index (κ1) is 19.9. The number of guanidine groups is 1. The highest BCUT2D eigenvalue weighted by Gasteiger charge is 2.20. The number of hydrogen-bond acceptors (Lipinski definition) is 4. The van der Waals surface area contributed by atoms with Crippen LogP contribution in [0.2, 0.25) is 0 Å². The van der Waals surface area contributed by atoms with Crippen molar-refractivity contribution >= 4 is 11.8 Å². The van der Waals surface area contributed by atoms with Crippen molar-refractivity contribution in [2.75, 3.05) is 50.8 Å². The highest BCUT2D eigenvalue weighted by molar-refractivity contribution is 5.80. The molecular weight excluding hydrogens is 338 g/mol. The Hall–Kier alpha value is -1.82. The Morgan fingerprint density at radius 2 is 2.00 bits per heavy atom. The van der Waals surface area contributed by atoms with Crippen molar-refractivity contribution in [1.82, 2.24) is 15.2 Å². The Morgan fingerprint density at radius 1 is 1.19 bits per heavy atom. The molecule has 0 bridgehead atoms. The fourth-order valence-electron chi connectivity index (χ4n) is 3.85.